The molecule has 9 N–H and O–H groups in total. The number of ether oxygens (including phenoxy) is 1. The molecule has 1 aliphatic rings. The lowest BCUT2D eigenvalue weighted by Gasteiger charge is -2.27. The van der Waals surface area contributed by atoms with E-state index in [0.29, 0.717) is 48.3 Å². The number of hydrogen-bond acceptors (Lipinski definition) is 13. The Morgan fingerprint density at radius 2 is 0.705 bits per heavy atom. The highest BCUT2D eigenvalue weighted by Crippen LogP contribution is 2.55. The van der Waals surface area contributed by atoms with Crippen molar-refractivity contribution in [3.8, 4) is 23.0 Å². The number of carbonyl (C=O) groups is 2. The normalized spacial score (nSPS) is 14.3. The van der Waals surface area contributed by atoms with Crippen molar-refractivity contribution in [2.75, 3.05) is 13.2 Å². The smallest absolute Gasteiger partial charge is 0.335 e. The Morgan fingerprint density at radius 1 is 0.492 bits per heavy atom. The molecule has 61 heavy (non-hydrogen) atoms. The van der Waals surface area contributed by atoms with Crippen LogP contribution in [0.3, 0.4) is 0 Å². The summed E-state index contributed by atoms with van der Waals surface area (Å²) >= 11 is 5.66. The van der Waals surface area contributed by atoms with Gasteiger partial charge in [0.15, 0.2) is 12.2 Å². The lowest BCUT2D eigenvalue weighted by Crippen LogP contribution is -2.39. The van der Waals surface area contributed by atoms with Gasteiger partial charge in [-0.05, 0) is 92.4 Å². The Balaban J connectivity index is 0.000000727. The second kappa shape index (κ2) is 19.0. The zero-order valence-corrected chi connectivity index (χ0v) is 40.0. The summed E-state index contributed by atoms with van der Waals surface area (Å²) < 4.78 is 6.47. The van der Waals surface area contributed by atoms with Crippen molar-refractivity contribution in [2.24, 2.45) is 5.73 Å². The lowest BCUT2D eigenvalue weighted by molar-refractivity contribution is -0.165. The highest BCUT2D eigenvalue weighted by molar-refractivity contribution is 8.01. The SMILES string of the molecule is CC(C)(C)c1cc2c(O)c(c1)Sc1cc(C(C)(C)C)cc(c1O)Sc1cc(C(C)(C)C)cc(c1OCCN)Sc1cc(C(C)(C)C)cc(c1O)S2.O=C(O)C(O)C(O)C(=O)O. The molecule has 1 aliphatic heterocycles. The van der Waals surface area contributed by atoms with Crippen LogP contribution < -0.4 is 10.5 Å². The summed E-state index contributed by atoms with van der Waals surface area (Å²) in [6.45, 7) is 26.6. The van der Waals surface area contributed by atoms with Gasteiger partial charge >= 0.3 is 11.9 Å². The number of nitrogens with two attached hydrogens (primary N) is 1. The van der Waals surface area contributed by atoms with Gasteiger partial charge in [-0.25, -0.2) is 9.59 Å². The number of carboxylic acid groups (broad SMARTS) is 2. The van der Waals surface area contributed by atoms with E-state index in [1.165, 1.54) is 47.0 Å². The van der Waals surface area contributed by atoms with Crippen LogP contribution in [0.4, 0.5) is 0 Å². The van der Waals surface area contributed by atoms with Gasteiger partial charge in [0.1, 0.15) is 29.6 Å². The van der Waals surface area contributed by atoms with Crippen molar-refractivity contribution >= 4 is 59.0 Å². The van der Waals surface area contributed by atoms with Gasteiger partial charge in [-0.15, -0.1) is 0 Å². The molecular weight excluding hydrogens is 855 g/mol. The van der Waals surface area contributed by atoms with E-state index < -0.39 is 24.1 Å². The molecule has 11 nitrogen and oxygen atoms in total. The Bertz CT molecular complexity index is 2150. The van der Waals surface area contributed by atoms with Gasteiger partial charge in [-0.3, -0.25) is 0 Å². The standard InChI is InChI=1S/C42H53NO4S4.C4H6O6/c1-39(2,3)23-15-27-35(44)28(16-23)49-30-18-25(41(7,8)9)20-32(37(30)46)51-34-22-26(42(10,11)12)21-33(38(34)47-14-13-43)50-31-19-24(40(4,5)6)17-29(48-27)36(31)45;5-1(3(7)8)2(6)4(9)10/h15-22,44-46H,13-14,43H2,1-12H3;1-2,5-6H,(H,7,8)(H,9,10). The Morgan fingerprint density at radius 3 is 0.902 bits per heavy atom. The van der Waals surface area contributed by atoms with E-state index in [2.05, 4.69) is 107 Å². The largest absolute Gasteiger partial charge is 0.506 e. The van der Waals surface area contributed by atoms with E-state index in [4.69, 9.17) is 30.9 Å². The van der Waals surface area contributed by atoms with Gasteiger partial charge in [0, 0.05) is 6.54 Å². The fourth-order valence-electron chi connectivity index (χ4n) is 5.72. The number of benzene rings is 4. The summed E-state index contributed by atoms with van der Waals surface area (Å²) in [6, 6.07) is 16.5. The van der Waals surface area contributed by atoms with E-state index in [0.717, 1.165) is 32.0 Å². The summed E-state index contributed by atoms with van der Waals surface area (Å²) in [5, 5.41) is 68.6. The summed E-state index contributed by atoms with van der Waals surface area (Å²) in [7, 11) is 0. The van der Waals surface area contributed by atoms with Crippen LogP contribution in [0.15, 0.2) is 87.7 Å². The number of aromatic hydroxyl groups is 3. The second-order valence-electron chi connectivity index (χ2n) is 18.9. The minimum atomic E-state index is -2.27. The van der Waals surface area contributed by atoms with E-state index in [9.17, 15) is 24.9 Å². The number of carboxylic acids is 2. The first-order chi connectivity index (χ1) is 27.9. The minimum absolute atomic E-state index is 0.118. The van der Waals surface area contributed by atoms with Crippen LogP contribution in [0.5, 0.6) is 23.0 Å². The number of phenols is 3. The summed E-state index contributed by atoms with van der Waals surface area (Å²) in [6.07, 6.45) is -4.53. The molecule has 0 aliphatic carbocycles. The third-order valence-electron chi connectivity index (χ3n) is 9.65. The lowest BCUT2D eigenvalue weighted by atomic mass is 9.87. The topological polar surface area (TPSA) is 211 Å². The number of hydrogen-bond donors (Lipinski definition) is 8. The predicted octanol–water partition coefficient (Wildman–Crippen LogP) is 10.1. The van der Waals surface area contributed by atoms with Crippen molar-refractivity contribution in [3.63, 3.8) is 0 Å². The summed E-state index contributed by atoms with van der Waals surface area (Å²) in [4.78, 5) is 25.2. The van der Waals surface area contributed by atoms with E-state index in [1.807, 2.05) is 24.3 Å². The monoisotopic (exact) mass is 913 g/mol. The van der Waals surface area contributed by atoms with Crippen LogP contribution >= 0.6 is 47.0 Å². The first kappa shape index (κ1) is 50.0. The van der Waals surface area contributed by atoms with Crippen molar-refractivity contribution in [3.05, 3.63) is 70.8 Å². The van der Waals surface area contributed by atoms with Crippen molar-refractivity contribution in [1.29, 1.82) is 0 Å². The highest BCUT2D eigenvalue weighted by atomic mass is 32.2. The first-order valence-electron chi connectivity index (χ1n) is 19.6. The number of rotatable bonds is 6. The van der Waals surface area contributed by atoms with Gasteiger partial charge in [0.2, 0.25) is 0 Å². The van der Waals surface area contributed by atoms with Crippen molar-refractivity contribution in [1.82, 2.24) is 0 Å². The summed E-state index contributed by atoms with van der Waals surface area (Å²) in [5.41, 5.74) is 9.41. The minimum Gasteiger partial charge on any atom is -0.506 e. The van der Waals surface area contributed by atoms with Gasteiger partial charge in [0.25, 0.3) is 0 Å². The molecule has 0 fully saturated rings. The Labute approximate surface area is 375 Å². The molecule has 0 amide bonds. The van der Waals surface area contributed by atoms with Crippen LogP contribution in [0.1, 0.15) is 105 Å². The average Bonchev–Trinajstić information content (AvgIpc) is 3.13. The van der Waals surface area contributed by atoms with Gasteiger partial charge < -0.3 is 46.2 Å². The van der Waals surface area contributed by atoms with Crippen LogP contribution in [0.2, 0.25) is 0 Å². The number of aliphatic hydroxyl groups excluding tert-OH is 2. The fourth-order valence-corrected chi connectivity index (χ4v) is 10.2. The zero-order valence-electron chi connectivity index (χ0n) is 36.8. The highest BCUT2D eigenvalue weighted by Gasteiger charge is 2.31. The Hall–Kier alpha value is -3.70. The van der Waals surface area contributed by atoms with Crippen molar-refractivity contribution < 1.29 is 50.1 Å². The maximum Gasteiger partial charge on any atom is 0.335 e. The number of fused-ring (bicyclic) bond motifs is 8. The number of aliphatic carboxylic acids is 2. The molecule has 0 spiro atoms. The van der Waals surface area contributed by atoms with E-state index in [1.54, 1.807) is 0 Å². The zero-order chi connectivity index (χ0) is 46.2. The maximum atomic E-state index is 12.0. The third kappa shape index (κ3) is 12.3. The maximum absolute atomic E-state index is 12.0. The van der Waals surface area contributed by atoms with Crippen molar-refractivity contribution in [2.45, 2.75) is 156 Å². The van der Waals surface area contributed by atoms with Gasteiger partial charge in [0.05, 0.1) is 39.2 Å². The molecular formula is C46H59NO10S4. The molecule has 4 aromatic rings. The Kier molecular flexibility index (Phi) is 15.5. The molecule has 1 heterocycles. The number of phenolic OH excluding ortho intramolecular Hbond substituents is 3. The van der Waals surface area contributed by atoms with Crippen LogP contribution in [0.25, 0.3) is 0 Å². The molecule has 0 radical (unpaired) electrons. The first-order valence-corrected chi connectivity index (χ1v) is 22.9. The molecule has 8 bridgehead atoms. The van der Waals surface area contributed by atoms with Crippen LogP contribution in [0, 0.1) is 0 Å². The molecule has 0 saturated carbocycles. The summed E-state index contributed by atoms with van der Waals surface area (Å²) in [5.74, 6) is -2.45. The van der Waals surface area contributed by atoms with Gasteiger partial charge in [-0.2, -0.15) is 0 Å². The predicted molar refractivity (Wildman–Crippen MR) is 244 cm³/mol. The van der Waals surface area contributed by atoms with E-state index in [-0.39, 0.29) is 38.9 Å². The number of aliphatic hydroxyl groups is 2. The second-order valence-corrected chi connectivity index (χ2v) is 23.2. The van der Waals surface area contributed by atoms with Gasteiger partial charge in [-0.1, -0.05) is 130 Å². The quantitative estimate of drug-likeness (QED) is 0.0797. The molecule has 2 atom stereocenters. The van der Waals surface area contributed by atoms with Crippen LogP contribution in [-0.4, -0.2) is 73.0 Å². The molecule has 0 saturated heterocycles. The third-order valence-corrected chi connectivity index (χ3v) is 13.9. The molecule has 15 heteroatoms. The molecule has 0 aromatic heterocycles. The molecule has 5 rings (SSSR count). The molecule has 332 valence electrons. The average molecular weight is 914 g/mol. The molecule has 4 aromatic carbocycles. The fraction of sp³-hybridized carbons (Fsp3) is 0.435. The van der Waals surface area contributed by atoms with Crippen LogP contribution in [-0.2, 0) is 31.2 Å². The molecule has 2 unspecified atom stereocenters. The van der Waals surface area contributed by atoms with E-state index >= 15 is 0 Å².